The van der Waals surface area contributed by atoms with Crippen molar-refractivity contribution < 1.29 is 84.7 Å². The van der Waals surface area contributed by atoms with Gasteiger partial charge in [0.1, 0.15) is 10.1 Å². The first kappa shape index (κ1) is 30.5. The molecule has 0 aliphatic heterocycles. The van der Waals surface area contributed by atoms with Gasteiger partial charge >= 0.3 is 69.7 Å². The smallest absolute Gasteiger partial charge is 0.744 e. The molecule has 0 saturated carbocycles. The molecule has 0 aromatic heterocycles. The van der Waals surface area contributed by atoms with Crippen LogP contribution < -0.4 is 59.1 Å². The van der Waals surface area contributed by atoms with Crippen molar-refractivity contribution >= 4 is 44.3 Å². The van der Waals surface area contributed by atoms with Gasteiger partial charge in [-0.2, -0.15) is 5.56 Å². The zero-order chi connectivity index (χ0) is 21.2. The molecule has 30 heavy (non-hydrogen) atoms. The van der Waals surface area contributed by atoms with Gasteiger partial charge in [-0.15, -0.1) is 48.1 Å². The van der Waals surface area contributed by atoms with Crippen molar-refractivity contribution in [2.24, 2.45) is 10.2 Å². The van der Waals surface area contributed by atoms with Gasteiger partial charge in [-0.3, -0.25) is 0 Å². The monoisotopic (exact) mass is 466 g/mol. The van der Waals surface area contributed by atoms with Gasteiger partial charge in [-0.25, -0.2) is 8.42 Å². The van der Waals surface area contributed by atoms with Crippen LogP contribution in [-0.4, -0.2) is 25.6 Å². The summed E-state index contributed by atoms with van der Waals surface area (Å²) in [4.78, 5) is 4.70. The Labute approximate surface area is 216 Å². The topological polar surface area (TPSA) is 206 Å². The minimum atomic E-state index is -4.74. The van der Waals surface area contributed by atoms with Gasteiger partial charge in [0.25, 0.3) is 0 Å². The zero-order valence-corrected chi connectivity index (χ0v) is 21.2. The number of hydrogen-bond donors (Lipinski definition) is 0. The van der Waals surface area contributed by atoms with E-state index in [1.807, 2.05) is 0 Å². The average Bonchev–Trinajstić information content (AvgIpc) is 2.61. The summed E-state index contributed by atoms with van der Waals surface area (Å²) in [7, 11) is -7.85. The van der Waals surface area contributed by atoms with Gasteiger partial charge in [0.05, 0.1) is 4.90 Å². The van der Waals surface area contributed by atoms with Crippen LogP contribution in [0.1, 0.15) is 11.1 Å². The van der Waals surface area contributed by atoms with E-state index in [9.17, 15) is 13.0 Å². The van der Waals surface area contributed by atoms with Crippen LogP contribution in [0.2, 0.25) is 0 Å². The van der Waals surface area contributed by atoms with Gasteiger partial charge in [0.15, 0.2) is 0 Å². The van der Waals surface area contributed by atoms with Gasteiger partial charge in [-0.05, 0) is 33.3 Å². The second kappa shape index (κ2) is 15.2. The van der Waals surface area contributed by atoms with Crippen molar-refractivity contribution in [2.75, 3.05) is 0 Å². The SMILES string of the molecule is O=S(=O)=O.[N-]=[N+]=Nc1c[c-]c(/C=C/c2ccc(N=[N+]=[N-])cc2S(=O)(=O)[O-])cc1.[Na+].[Na+]. The number of azide groups is 2. The Kier molecular flexibility index (Phi) is 15.4. The normalized spacial score (nSPS) is 9.50. The summed E-state index contributed by atoms with van der Waals surface area (Å²) < 4.78 is 59.4. The Hall–Kier alpha value is -1.67. The second-order valence-electron chi connectivity index (χ2n) is 4.59. The molecule has 0 heterocycles. The standard InChI is InChI=1S/C14H9N6O3S.2Na.O3S/c15-19-17-12-6-2-10(3-7-12)1-4-11-5-8-13(18-20-16)9-14(11)24(21,22)23;;;1-4(2)3/h1-2,4-9H,(H,21,22,23);;;/q-1;2*+1;/p-1/b4-1+;;;. The summed E-state index contributed by atoms with van der Waals surface area (Å²) in [6.07, 6.45) is 2.96. The van der Waals surface area contributed by atoms with E-state index in [0.717, 1.165) is 6.07 Å². The number of hydrogen-bond acceptors (Lipinski definition) is 8. The predicted octanol–water partition coefficient (Wildman–Crippen LogP) is -2.55. The molecule has 12 nitrogen and oxygen atoms in total. The molecule has 144 valence electrons. The third kappa shape index (κ3) is 11.5. The van der Waals surface area contributed by atoms with Crippen molar-refractivity contribution in [3.05, 3.63) is 74.5 Å². The minimum Gasteiger partial charge on any atom is -0.744 e. The fraction of sp³-hybridized carbons (Fsp3) is 0. The summed E-state index contributed by atoms with van der Waals surface area (Å²) in [6, 6.07) is 11.2. The molecule has 0 radical (unpaired) electrons. The second-order valence-corrected chi connectivity index (χ2v) is 6.35. The number of rotatable bonds is 5. The van der Waals surface area contributed by atoms with Crippen LogP contribution >= 0.6 is 0 Å². The molecular formula is C14H8N6Na2O6S2. The van der Waals surface area contributed by atoms with E-state index in [1.54, 1.807) is 12.1 Å². The zero-order valence-electron chi connectivity index (χ0n) is 15.6. The van der Waals surface area contributed by atoms with E-state index in [4.69, 9.17) is 23.7 Å². The quantitative estimate of drug-likeness (QED) is 0.0881. The minimum absolute atomic E-state index is 0. The fourth-order valence-electron chi connectivity index (χ4n) is 1.82. The molecule has 0 N–H and O–H groups in total. The average molecular weight is 466 g/mol. The molecule has 0 amide bonds. The predicted molar refractivity (Wildman–Crippen MR) is 95.9 cm³/mol. The molecule has 2 aromatic carbocycles. The van der Waals surface area contributed by atoms with Crippen molar-refractivity contribution in [3.8, 4) is 0 Å². The maximum absolute atomic E-state index is 11.4. The molecule has 0 unspecified atom stereocenters. The Morgan fingerprint density at radius 2 is 1.50 bits per heavy atom. The Balaban J connectivity index is 0. The van der Waals surface area contributed by atoms with Crippen molar-refractivity contribution in [2.45, 2.75) is 4.90 Å². The molecule has 0 saturated heterocycles. The van der Waals surface area contributed by atoms with Crippen molar-refractivity contribution in [3.63, 3.8) is 0 Å². The molecule has 16 heteroatoms. The Bertz CT molecular complexity index is 1200. The fourth-order valence-corrected chi connectivity index (χ4v) is 2.51. The Morgan fingerprint density at radius 3 is 1.97 bits per heavy atom. The maximum atomic E-state index is 11.4. The van der Waals surface area contributed by atoms with E-state index >= 15 is 0 Å². The molecule has 0 atom stereocenters. The first-order valence-corrected chi connectivity index (χ1v) is 9.25. The number of benzene rings is 2. The Morgan fingerprint density at radius 1 is 0.967 bits per heavy atom. The van der Waals surface area contributed by atoms with Crippen LogP contribution in [0.25, 0.3) is 33.0 Å². The molecule has 0 bridgehead atoms. The summed E-state index contributed by atoms with van der Waals surface area (Å²) in [5, 5.41) is 6.68. The van der Waals surface area contributed by atoms with Crippen molar-refractivity contribution in [1.82, 2.24) is 0 Å². The first-order chi connectivity index (χ1) is 13.2. The molecule has 0 fully saturated rings. The van der Waals surface area contributed by atoms with E-state index in [1.165, 1.54) is 30.4 Å². The van der Waals surface area contributed by atoms with E-state index in [0.29, 0.717) is 11.3 Å². The maximum Gasteiger partial charge on any atom is 1.00 e. The number of nitrogens with zero attached hydrogens (tertiary/aromatic N) is 6. The molecule has 0 aliphatic rings. The van der Waals surface area contributed by atoms with Crippen molar-refractivity contribution in [1.29, 1.82) is 0 Å². The molecular weight excluding hydrogens is 458 g/mol. The third-order valence-corrected chi connectivity index (χ3v) is 3.74. The van der Waals surface area contributed by atoms with Gasteiger partial charge in [0.2, 0.25) is 0 Å². The summed E-state index contributed by atoms with van der Waals surface area (Å²) in [6.45, 7) is 0. The van der Waals surface area contributed by atoms with Gasteiger partial charge in [-0.1, -0.05) is 23.3 Å². The first-order valence-electron chi connectivity index (χ1n) is 6.84. The van der Waals surface area contributed by atoms with Crippen LogP contribution in [0.4, 0.5) is 11.4 Å². The summed E-state index contributed by atoms with van der Waals surface area (Å²) in [5.41, 5.74) is 17.8. The largest absolute Gasteiger partial charge is 1.00 e. The summed E-state index contributed by atoms with van der Waals surface area (Å²) >= 11 is 0. The molecule has 0 spiro atoms. The van der Waals surface area contributed by atoms with Crippen LogP contribution in [0.5, 0.6) is 0 Å². The van der Waals surface area contributed by atoms with Gasteiger partial charge in [0, 0.05) is 10.6 Å². The van der Waals surface area contributed by atoms with E-state index in [-0.39, 0.29) is 70.4 Å². The van der Waals surface area contributed by atoms with E-state index in [2.05, 4.69) is 26.1 Å². The summed E-state index contributed by atoms with van der Waals surface area (Å²) in [5.74, 6) is 0. The third-order valence-electron chi connectivity index (χ3n) is 2.85. The molecule has 0 aliphatic carbocycles. The molecule has 2 rings (SSSR count). The van der Waals surface area contributed by atoms with Crippen LogP contribution in [0.15, 0.2) is 51.5 Å². The molecule has 2 aromatic rings. The van der Waals surface area contributed by atoms with Gasteiger partial charge < -0.3 is 4.55 Å². The van der Waals surface area contributed by atoms with Crippen LogP contribution in [-0.2, 0) is 20.7 Å². The van der Waals surface area contributed by atoms with Crippen LogP contribution in [0.3, 0.4) is 0 Å². The van der Waals surface area contributed by atoms with E-state index < -0.39 is 25.6 Å². The van der Waals surface area contributed by atoms with Crippen LogP contribution in [0, 0.1) is 6.07 Å².